The molecule has 3 rings (SSSR count). The summed E-state index contributed by atoms with van der Waals surface area (Å²) in [7, 11) is 0. The summed E-state index contributed by atoms with van der Waals surface area (Å²) in [6, 6.07) is 7.03. The fourth-order valence-corrected chi connectivity index (χ4v) is 3.29. The first-order valence-electron chi connectivity index (χ1n) is 8.23. The van der Waals surface area contributed by atoms with Crippen LogP contribution in [0.2, 0.25) is 0 Å². The largest absolute Gasteiger partial charge is 0.342 e. The van der Waals surface area contributed by atoms with E-state index in [2.05, 4.69) is 0 Å². The molecule has 1 heterocycles. The first-order chi connectivity index (χ1) is 10.2. The molecule has 1 amide bonds. The second-order valence-corrected chi connectivity index (χ2v) is 6.63. The Morgan fingerprint density at radius 2 is 2.00 bits per heavy atom. The number of aryl methyl sites for hydroxylation is 1. The van der Waals surface area contributed by atoms with Crippen molar-refractivity contribution in [2.24, 2.45) is 11.8 Å². The maximum atomic E-state index is 13.6. The number of amides is 1. The van der Waals surface area contributed by atoms with Gasteiger partial charge in [0.15, 0.2) is 0 Å². The Morgan fingerprint density at radius 3 is 2.76 bits per heavy atom. The number of carbonyl (C=O) groups excluding carboxylic acids is 1. The van der Waals surface area contributed by atoms with Crippen LogP contribution < -0.4 is 0 Å². The number of nitrogens with zero attached hydrogens (tertiary/aromatic N) is 1. The lowest BCUT2D eigenvalue weighted by Gasteiger charge is -2.33. The maximum absolute atomic E-state index is 13.6. The fourth-order valence-electron chi connectivity index (χ4n) is 3.29. The fraction of sp³-hybridized carbons (Fsp3) is 0.611. The quantitative estimate of drug-likeness (QED) is 0.807. The lowest BCUT2D eigenvalue weighted by Crippen LogP contribution is -2.40. The third kappa shape index (κ3) is 4.05. The molecule has 0 bridgehead atoms. The third-order valence-corrected chi connectivity index (χ3v) is 4.81. The van der Waals surface area contributed by atoms with Gasteiger partial charge in [-0.3, -0.25) is 4.79 Å². The summed E-state index contributed by atoms with van der Waals surface area (Å²) < 4.78 is 13.6. The Kier molecular flexibility index (Phi) is 4.57. The van der Waals surface area contributed by atoms with Gasteiger partial charge in [-0.1, -0.05) is 18.2 Å². The SMILES string of the molecule is O=C(CC1CC1)N1CCC[C@H](CCc2ccccc2F)C1. The highest BCUT2D eigenvalue weighted by atomic mass is 19.1. The molecule has 1 aromatic carbocycles. The van der Waals surface area contributed by atoms with Crippen LogP contribution in [0.3, 0.4) is 0 Å². The predicted molar refractivity (Wildman–Crippen MR) is 81.4 cm³/mol. The zero-order valence-electron chi connectivity index (χ0n) is 12.6. The van der Waals surface area contributed by atoms with Crippen molar-refractivity contribution in [3.63, 3.8) is 0 Å². The second kappa shape index (κ2) is 6.59. The molecule has 0 spiro atoms. The van der Waals surface area contributed by atoms with Crippen LogP contribution >= 0.6 is 0 Å². The van der Waals surface area contributed by atoms with Gasteiger partial charge in [0.1, 0.15) is 5.82 Å². The van der Waals surface area contributed by atoms with E-state index in [4.69, 9.17) is 0 Å². The highest BCUT2D eigenvalue weighted by Crippen LogP contribution is 2.33. The van der Waals surface area contributed by atoms with Crippen molar-refractivity contribution in [3.8, 4) is 0 Å². The first kappa shape index (κ1) is 14.6. The van der Waals surface area contributed by atoms with Crippen molar-refractivity contribution in [3.05, 3.63) is 35.6 Å². The highest BCUT2D eigenvalue weighted by Gasteiger charge is 2.29. The van der Waals surface area contributed by atoms with Gasteiger partial charge >= 0.3 is 0 Å². The minimum absolute atomic E-state index is 0.102. The summed E-state index contributed by atoms with van der Waals surface area (Å²) in [5.74, 6) is 1.43. The predicted octanol–water partition coefficient (Wildman–Crippen LogP) is 3.80. The van der Waals surface area contributed by atoms with Crippen molar-refractivity contribution in [2.75, 3.05) is 13.1 Å². The third-order valence-electron chi connectivity index (χ3n) is 4.81. The van der Waals surface area contributed by atoms with Crippen molar-refractivity contribution in [1.29, 1.82) is 0 Å². The van der Waals surface area contributed by atoms with E-state index < -0.39 is 0 Å². The highest BCUT2D eigenvalue weighted by molar-refractivity contribution is 5.76. The molecular weight excluding hydrogens is 265 g/mol. The Morgan fingerprint density at radius 1 is 1.19 bits per heavy atom. The van der Waals surface area contributed by atoms with Crippen LogP contribution in [0.1, 0.15) is 44.1 Å². The molecule has 1 saturated heterocycles. The summed E-state index contributed by atoms with van der Waals surface area (Å²) in [6.07, 6.45) is 7.24. The minimum Gasteiger partial charge on any atom is -0.342 e. The zero-order valence-corrected chi connectivity index (χ0v) is 12.6. The molecule has 0 unspecified atom stereocenters. The Bertz CT molecular complexity index is 498. The van der Waals surface area contributed by atoms with E-state index >= 15 is 0 Å². The molecular formula is C18H24FNO. The summed E-state index contributed by atoms with van der Waals surface area (Å²) >= 11 is 0. The van der Waals surface area contributed by atoms with E-state index in [1.165, 1.54) is 25.3 Å². The summed E-state index contributed by atoms with van der Waals surface area (Å²) in [4.78, 5) is 14.2. The van der Waals surface area contributed by atoms with Gasteiger partial charge in [-0.25, -0.2) is 4.39 Å². The van der Waals surface area contributed by atoms with Crippen LogP contribution in [0.15, 0.2) is 24.3 Å². The summed E-state index contributed by atoms with van der Waals surface area (Å²) in [6.45, 7) is 1.79. The van der Waals surface area contributed by atoms with Crippen molar-refractivity contribution in [1.82, 2.24) is 4.90 Å². The topological polar surface area (TPSA) is 20.3 Å². The maximum Gasteiger partial charge on any atom is 0.222 e. The van der Waals surface area contributed by atoms with Crippen LogP contribution in [-0.4, -0.2) is 23.9 Å². The Labute approximate surface area is 126 Å². The van der Waals surface area contributed by atoms with Crippen molar-refractivity contribution in [2.45, 2.75) is 44.9 Å². The molecule has 1 saturated carbocycles. The number of benzene rings is 1. The van der Waals surface area contributed by atoms with E-state index in [1.807, 2.05) is 17.0 Å². The van der Waals surface area contributed by atoms with E-state index in [-0.39, 0.29) is 5.82 Å². The van der Waals surface area contributed by atoms with Crippen LogP contribution in [0.4, 0.5) is 4.39 Å². The van der Waals surface area contributed by atoms with Gasteiger partial charge < -0.3 is 4.90 Å². The normalized spacial score (nSPS) is 22.3. The molecule has 2 nitrogen and oxygen atoms in total. The lowest BCUT2D eigenvalue weighted by atomic mass is 9.91. The molecule has 2 fully saturated rings. The molecule has 1 aromatic rings. The summed E-state index contributed by atoms with van der Waals surface area (Å²) in [5.41, 5.74) is 0.805. The lowest BCUT2D eigenvalue weighted by molar-refractivity contribution is -0.133. The molecule has 1 atom stereocenters. The van der Waals surface area contributed by atoms with Crippen molar-refractivity contribution < 1.29 is 9.18 Å². The molecule has 1 aliphatic heterocycles. The van der Waals surface area contributed by atoms with Crippen molar-refractivity contribution >= 4 is 5.91 Å². The Balaban J connectivity index is 1.49. The zero-order chi connectivity index (χ0) is 14.7. The van der Waals surface area contributed by atoms with Gasteiger partial charge in [0.25, 0.3) is 0 Å². The van der Waals surface area contributed by atoms with Crippen LogP contribution in [-0.2, 0) is 11.2 Å². The first-order valence-corrected chi connectivity index (χ1v) is 8.23. The standard InChI is InChI=1S/C18H24FNO/c19-17-6-2-1-5-16(17)10-9-15-4-3-11-20(13-15)18(21)12-14-7-8-14/h1-2,5-6,14-15H,3-4,7-13H2/t15-/m1/s1. The van der Waals surface area contributed by atoms with Gasteiger partial charge in [-0.2, -0.15) is 0 Å². The van der Waals surface area contributed by atoms with Crippen LogP contribution in [0.25, 0.3) is 0 Å². The number of likely N-dealkylation sites (tertiary alicyclic amines) is 1. The number of carbonyl (C=O) groups is 1. The van der Waals surface area contributed by atoms with Gasteiger partial charge in [-0.05, 0) is 62.0 Å². The monoisotopic (exact) mass is 289 g/mol. The number of hydrogen-bond acceptors (Lipinski definition) is 1. The van der Waals surface area contributed by atoms with Gasteiger partial charge in [-0.15, -0.1) is 0 Å². The molecule has 1 aliphatic carbocycles. The van der Waals surface area contributed by atoms with Gasteiger partial charge in [0, 0.05) is 19.5 Å². The van der Waals surface area contributed by atoms with Crippen LogP contribution in [0.5, 0.6) is 0 Å². The van der Waals surface area contributed by atoms with Gasteiger partial charge in [0.2, 0.25) is 5.91 Å². The number of piperidine rings is 1. The average molecular weight is 289 g/mol. The molecule has 3 heteroatoms. The number of hydrogen-bond donors (Lipinski definition) is 0. The number of halogens is 1. The second-order valence-electron chi connectivity index (χ2n) is 6.63. The summed E-state index contributed by atoms with van der Waals surface area (Å²) in [5, 5.41) is 0. The molecule has 0 aromatic heterocycles. The molecule has 2 aliphatic rings. The smallest absolute Gasteiger partial charge is 0.222 e. The molecule has 0 radical (unpaired) electrons. The van der Waals surface area contributed by atoms with E-state index in [0.717, 1.165) is 44.3 Å². The minimum atomic E-state index is -0.102. The van der Waals surface area contributed by atoms with E-state index in [1.54, 1.807) is 6.07 Å². The Hall–Kier alpha value is -1.38. The number of rotatable bonds is 5. The molecule has 21 heavy (non-hydrogen) atoms. The van der Waals surface area contributed by atoms with Gasteiger partial charge in [0.05, 0.1) is 0 Å². The van der Waals surface area contributed by atoms with Crippen LogP contribution in [0, 0.1) is 17.7 Å². The molecule has 0 N–H and O–H groups in total. The molecule has 114 valence electrons. The van der Waals surface area contributed by atoms with E-state index in [9.17, 15) is 9.18 Å². The van der Waals surface area contributed by atoms with E-state index in [0.29, 0.717) is 17.7 Å². The average Bonchev–Trinajstić information content (AvgIpc) is 3.31.